The Labute approximate surface area is 151 Å². The van der Waals surface area contributed by atoms with E-state index in [1.54, 1.807) is 0 Å². The van der Waals surface area contributed by atoms with Crippen molar-refractivity contribution >= 4 is 28.8 Å². The maximum atomic E-state index is 7.11. The topological polar surface area (TPSA) is 18.5 Å². The highest BCUT2D eigenvalue weighted by atomic mass is 35.6. The fraction of sp³-hybridized carbons (Fsp3) is 0.400. The zero-order valence-corrected chi connectivity index (χ0v) is 16.2. The van der Waals surface area contributed by atoms with Crippen LogP contribution in [0, 0.1) is 0 Å². The smallest absolute Gasteiger partial charge is 0.217 e. The summed E-state index contributed by atoms with van der Waals surface area (Å²) in [5.41, 5.74) is 0. The highest BCUT2D eigenvalue weighted by Gasteiger charge is 2.34. The molecule has 0 N–H and O–H groups in total. The van der Waals surface area contributed by atoms with Gasteiger partial charge in [-0.3, -0.25) is 0 Å². The Morgan fingerprint density at radius 1 is 0.792 bits per heavy atom. The third kappa shape index (κ3) is 5.74. The normalized spacial score (nSPS) is 14.6. The molecule has 0 saturated carbocycles. The fourth-order valence-corrected chi connectivity index (χ4v) is 7.07. The molecule has 0 radical (unpaired) electrons. The van der Waals surface area contributed by atoms with Gasteiger partial charge in [-0.1, -0.05) is 80.4 Å². The van der Waals surface area contributed by atoms with Gasteiger partial charge in [0.15, 0.2) is 0 Å². The molecule has 0 aromatic heterocycles. The molecular weight excluding hydrogens is 336 g/mol. The zero-order chi connectivity index (χ0) is 17.1. The van der Waals surface area contributed by atoms with Crippen molar-refractivity contribution in [2.24, 2.45) is 0 Å². The first-order valence-corrected chi connectivity index (χ1v) is 11.9. The predicted octanol–water partition coefficient (Wildman–Crippen LogP) is 3.82. The molecule has 24 heavy (non-hydrogen) atoms. The van der Waals surface area contributed by atoms with Crippen LogP contribution in [0.5, 0.6) is 0 Å². The van der Waals surface area contributed by atoms with Gasteiger partial charge in [0.25, 0.3) is 0 Å². The molecule has 1 aliphatic rings. The van der Waals surface area contributed by atoms with Crippen LogP contribution in [-0.4, -0.2) is 33.8 Å². The van der Waals surface area contributed by atoms with Crippen molar-refractivity contribution in [1.29, 1.82) is 0 Å². The van der Waals surface area contributed by atoms with Crippen molar-refractivity contribution in [3.63, 3.8) is 0 Å². The summed E-state index contributed by atoms with van der Waals surface area (Å²) in [5, 5.41) is 2.65. The van der Waals surface area contributed by atoms with E-state index in [2.05, 4.69) is 67.6 Å². The fourth-order valence-electron chi connectivity index (χ4n) is 2.72. The Hall–Kier alpha value is -1.13. The van der Waals surface area contributed by atoms with Gasteiger partial charge in [0.05, 0.1) is 26.4 Å². The van der Waals surface area contributed by atoms with Crippen LogP contribution in [-0.2, 0) is 9.47 Å². The number of hydrogen-bond acceptors (Lipinski definition) is 2. The minimum atomic E-state index is -2.05. The van der Waals surface area contributed by atoms with E-state index in [9.17, 15) is 0 Å². The van der Waals surface area contributed by atoms with Gasteiger partial charge < -0.3 is 9.47 Å². The average Bonchev–Trinajstić information content (AvgIpc) is 2.69. The Kier molecular flexibility index (Phi) is 8.54. The van der Waals surface area contributed by atoms with Crippen LogP contribution in [0.2, 0.25) is 6.04 Å². The summed E-state index contributed by atoms with van der Waals surface area (Å²) < 4.78 is 9.89. The summed E-state index contributed by atoms with van der Waals surface area (Å²) in [4.78, 5) is 0. The molecule has 1 heterocycles. The van der Waals surface area contributed by atoms with Gasteiger partial charge in [0, 0.05) is 0 Å². The largest absolute Gasteiger partial charge is 0.377 e. The Balaban J connectivity index is 0.000000292. The lowest BCUT2D eigenvalue weighted by Crippen LogP contribution is -2.53. The van der Waals surface area contributed by atoms with E-state index >= 15 is 0 Å². The van der Waals surface area contributed by atoms with Crippen molar-refractivity contribution in [2.45, 2.75) is 25.8 Å². The number of unbranched alkanes of at least 4 members (excludes halogenated alkanes) is 1. The van der Waals surface area contributed by atoms with Crippen LogP contribution < -0.4 is 10.4 Å². The van der Waals surface area contributed by atoms with Crippen LogP contribution in [0.15, 0.2) is 60.7 Å². The SMILES string of the molecule is C1COCCO1.CCCC[Si](Cl)(c1ccccc1)c1ccccc1. The summed E-state index contributed by atoms with van der Waals surface area (Å²) in [7, 11) is -2.05. The second kappa shape index (κ2) is 10.7. The van der Waals surface area contributed by atoms with Crippen molar-refractivity contribution in [3.05, 3.63) is 60.7 Å². The second-order valence-corrected chi connectivity index (χ2v) is 11.1. The summed E-state index contributed by atoms with van der Waals surface area (Å²) in [5.74, 6) is 0. The average molecular weight is 363 g/mol. The van der Waals surface area contributed by atoms with Crippen LogP contribution >= 0.6 is 11.1 Å². The number of rotatable bonds is 5. The Morgan fingerprint density at radius 3 is 1.54 bits per heavy atom. The van der Waals surface area contributed by atoms with Gasteiger partial charge >= 0.3 is 0 Å². The molecule has 0 atom stereocenters. The third-order valence-electron chi connectivity index (χ3n) is 4.08. The standard InChI is InChI=1S/C16H19ClSi.C4H8O2/c1-2-3-14-18(17,15-10-6-4-7-11-15)16-12-8-5-9-13-16;1-2-6-4-3-5-1/h4-13H,2-3,14H2,1H3;1-4H2. The Bertz CT molecular complexity index is 507. The maximum Gasteiger partial charge on any atom is 0.217 e. The molecule has 3 rings (SSSR count). The van der Waals surface area contributed by atoms with Gasteiger partial charge in [0.1, 0.15) is 0 Å². The lowest BCUT2D eigenvalue weighted by atomic mass is 10.4. The van der Waals surface area contributed by atoms with E-state index in [0.717, 1.165) is 32.5 Å². The lowest BCUT2D eigenvalue weighted by Gasteiger charge is -2.25. The van der Waals surface area contributed by atoms with Gasteiger partial charge in [-0.15, -0.1) is 0 Å². The molecule has 1 fully saturated rings. The van der Waals surface area contributed by atoms with Crippen LogP contribution in [0.1, 0.15) is 19.8 Å². The van der Waals surface area contributed by atoms with Crippen molar-refractivity contribution < 1.29 is 9.47 Å². The summed E-state index contributed by atoms with van der Waals surface area (Å²) in [6.45, 7) is 5.34. The van der Waals surface area contributed by atoms with Crippen molar-refractivity contribution in [1.82, 2.24) is 0 Å². The minimum absolute atomic E-state index is 0.778. The quantitative estimate of drug-likeness (QED) is 0.594. The molecule has 2 nitrogen and oxygen atoms in total. The monoisotopic (exact) mass is 362 g/mol. The van der Waals surface area contributed by atoms with Gasteiger partial charge in [-0.05, 0) is 16.4 Å². The first-order valence-electron chi connectivity index (χ1n) is 8.73. The lowest BCUT2D eigenvalue weighted by molar-refractivity contribution is -0.0334. The number of benzene rings is 2. The highest BCUT2D eigenvalue weighted by molar-refractivity contribution is 7.34. The Morgan fingerprint density at radius 2 is 1.21 bits per heavy atom. The molecule has 0 bridgehead atoms. The number of hydrogen-bond donors (Lipinski definition) is 0. The van der Waals surface area contributed by atoms with Gasteiger partial charge in [-0.25, -0.2) is 0 Å². The van der Waals surface area contributed by atoms with Crippen LogP contribution in [0.3, 0.4) is 0 Å². The van der Waals surface area contributed by atoms with Gasteiger partial charge in [0.2, 0.25) is 7.38 Å². The minimum Gasteiger partial charge on any atom is -0.377 e. The van der Waals surface area contributed by atoms with E-state index in [-0.39, 0.29) is 0 Å². The molecule has 0 amide bonds. The molecule has 2 aromatic rings. The van der Waals surface area contributed by atoms with E-state index < -0.39 is 7.38 Å². The molecule has 1 aliphatic heterocycles. The third-order valence-corrected chi connectivity index (χ3v) is 9.50. The molecule has 4 heteroatoms. The van der Waals surface area contributed by atoms with E-state index in [4.69, 9.17) is 20.6 Å². The van der Waals surface area contributed by atoms with E-state index in [1.165, 1.54) is 23.2 Å². The number of halogens is 1. The van der Waals surface area contributed by atoms with Crippen molar-refractivity contribution in [2.75, 3.05) is 26.4 Å². The molecule has 130 valence electrons. The molecule has 0 unspecified atom stereocenters. The van der Waals surface area contributed by atoms with Crippen LogP contribution in [0.4, 0.5) is 0 Å². The van der Waals surface area contributed by atoms with Crippen LogP contribution in [0.25, 0.3) is 0 Å². The van der Waals surface area contributed by atoms with E-state index in [0.29, 0.717) is 0 Å². The van der Waals surface area contributed by atoms with E-state index in [1.807, 2.05) is 0 Å². The second-order valence-electron chi connectivity index (χ2n) is 5.86. The molecule has 0 spiro atoms. The zero-order valence-electron chi connectivity index (χ0n) is 14.4. The number of ether oxygens (including phenoxy) is 2. The van der Waals surface area contributed by atoms with Gasteiger partial charge in [-0.2, -0.15) is 11.1 Å². The maximum absolute atomic E-state index is 7.11. The summed E-state index contributed by atoms with van der Waals surface area (Å²) in [6.07, 6.45) is 2.39. The summed E-state index contributed by atoms with van der Waals surface area (Å²) >= 11 is 7.11. The highest BCUT2D eigenvalue weighted by Crippen LogP contribution is 2.19. The first kappa shape index (κ1) is 19.2. The summed E-state index contributed by atoms with van der Waals surface area (Å²) in [6, 6.07) is 22.3. The molecule has 2 aromatic carbocycles. The predicted molar refractivity (Wildman–Crippen MR) is 105 cm³/mol. The molecule has 1 saturated heterocycles. The van der Waals surface area contributed by atoms with Crippen molar-refractivity contribution in [3.8, 4) is 0 Å². The molecule has 0 aliphatic carbocycles. The first-order chi connectivity index (χ1) is 11.8. The molecular formula is C20H27ClO2Si.